The number of nitrogen functional groups attached to an aromatic ring is 1. The van der Waals surface area contributed by atoms with E-state index in [9.17, 15) is 14.7 Å². The first-order valence-corrected chi connectivity index (χ1v) is 12.3. The zero-order valence-corrected chi connectivity index (χ0v) is 21.1. The molecular formula is C30H27N3O6. The van der Waals surface area contributed by atoms with Crippen molar-refractivity contribution in [2.45, 2.75) is 13.0 Å². The first-order valence-electron chi connectivity index (χ1n) is 12.3. The fraction of sp³-hybridized carbons (Fsp3) is 0.133. The number of phenols is 1. The maximum atomic E-state index is 13.0. The van der Waals surface area contributed by atoms with Gasteiger partial charge in [0.1, 0.15) is 11.9 Å². The number of rotatable bonds is 7. The number of benzene rings is 4. The van der Waals surface area contributed by atoms with Gasteiger partial charge in [-0.05, 0) is 41.8 Å². The molecule has 0 radical (unpaired) electrons. The number of ether oxygens (including phenoxy) is 3. The summed E-state index contributed by atoms with van der Waals surface area (Å²) in [6.45, 7) is 1.95. The number of hydrogen-bond acceptors (Lipinski definition) is 7. The highest BCUT2D eigenvalue weighted by atomic mass is 16.7. The largest absolute Gasteiger partial charge is 0.507 e. The zero-order chi connectivity index (χ0) is 27.4. The molecule has 0 spiro atoms. The lowest BCUT2D eigenvalue weighted by Gasteiger charge is -2.24. The second kappa shape index (κ2) is 11.1. The second-order valence-electron chi connectivity index (χ2n) is 9.03. The lowest BCUT2D eigenvalue weighted by molar-refractivity contribution is -0.111. The van der Waals surface area contributed by atoms with Crippen LogP contribution >= 0.6 is 0 Å². The van der Waals surface area contributed by atoms with E-state index in [0.29, 0.717) is 39.5 Å². The maximum absolute atomic E-state index is 13.0. The number of aromatic hydroxyl groups is 1. The molecule has 5 N–H and O–H groups in total. The summed E-state index contributed by atoms with van der Waals surface area (Å²) >= 11 is 0. The summed E-state index contributed by atoms with van der Waals surface area (Å²) in [7, 11) is 0. The second-order valence-corrected chi connectivity index (χ2v) is 9.03. The molecule has 39 heavy (non-hydrogen) atoms. The first-order chi connectivity index (χ1) is 18.9. The van der Waals surface area contributed by atoms with Gasteiger partial charge >= 0.3 is 6.09 Å². The average molecular weight is 526 g/mol. The van der Waals surface area contributed by atoms with Crippen molar-refractivity contribution in [3.8, 4) is 17.2 Å². The van der Waals surface area contributed by atoms with Crippen molar-refractivity contribution in [1.29, 1.82) is 0 Å². The van der Waals surface area contributed by atoms with Gasteiger partial charge < -0.3 is 30.4 Å². The number of amides is 2. The molecule has 0 saturated carbocycles. The number of fused-ring (bicyclic) bond motifs is 2. The van der Waals surface area contributed by atoms with Gasteiger partial charge in [-0.3, -0.25) is 10.1 Å². The number of hydrogen-bond donors (Lipinski definition) is 4. The number of carbonyl (C=O) groups excluding carboxylic acids is 2. The van der Waals surface area contributed by atoms with E-state index >= 15 is 0 Å². The Kier molecular flexibility index (Phi) is 7.22. The molecule has 2 atom stereocenters. The van der Waals surface area contributed by atoms with E-state index in [-0.39, 0.29) is 18.4 Å². The Balaban J connectivity index is 1.40. The van der Waals surface area contributed by atoms with E-state index in [4.69, 9.17) is 19.9 Å². The predicted octanol–water partition coefficient (Wildman–Crippen LogP) is 5.98. The van der Waals surface area contributed by atoms with Crippen molar-refractivity contribution >= 4 is 39.8 Å². The van der Waals surface area contributed by atoms with Crippen molar-refractivity contribution in [2.75, 3.05) is 23.2 Å². The van der Waals surface area contributed by atoms with E-state index in [1.54, 1.807) is 66.7 Å². The third-order valence-corrected chi connectivity index (χ3v) is 6.34. The van der Waals surface area contributed by atoms with Gasteiger partial charge in [-0.1, -0.05) is 55.5 Å². The Morgan fingerprint density at radius 2 is 1.69 bits per heavy atom. The minimum Gasteiger partial charge on any atom is -0.507 e. The SMILES string of the molecule is C[C@H](/C=C/C(=O)Nc1ccccc1N)[C@@H](OC(=O)Nc1ccc2c(c1)OCO2)c1ccc(O)c2ccccc12. The molecule has 1 aliphatic rings. The van der Waals surface area contributed by atoms with Gasteiger partial charge in [0.25, 0.3) is 0 Å². The summed E-state index contributed by atoms with van der Waals surface area (Å²) in [5.41, 5.74) is 8.02. The molecule has 0 saturated heterocycles. The van der Waals surface area contributed by atoms with Crippen molar-refractivity contribution in [3.05, 3.63) is 96.6 Å². The molecule has 9 nitrogen and oxygen atoms in total. The number of anilines is 3. The number of carbonyl (C=O) groups is 2. The molecule has 0 bridgehead atoms. The zero-order valence-electron chi connectivity index (χ0n) is 21.1. The first kappa shape index (κ1) is 25.5. The predicted molar refractivity (Wildman–Crippen MR) is 149 cm³/mol. The van der Waals surface area contributed by atoms with Crippen molar-refractivity contribution < 1.29 is 28.9 Å². The standard InChI is InChI=1S/C30H27N3O6/c1-18(10-15-28(35)33-24-9-5-4-8-23(24)31)29(22-12-13-25(34)21-7-3-2-6-20(21)22)39-30(36)32-19-11-14-26-27(16-19)38-17-37-26/h2-16,18,29,34H,17,31H2,1H3,(H,32,36)(H,33,35)/b15-10+/t18-,29-/m1/s1. The van der Waals surface area contributed by atoms with Crippen LogP contribution in [0.5, 0.6) is 17.2 Å². The molecule has 4 aromatic carbocycles. The summed E-state index contributed by atoms with van der Waals surface area (Å²) < 4.78 is 16.6. The quantitative estimate of drug-likeness (QED) is 0.172. The molecule has 9 heteroatoms. The Labute approximate surface area is 224 Å². The third-order valence-electron chi connectivity index (χ3n) is 6.34. The molecule has 5 rings (SSSR count). The number of para-hydroxylation sites is 2. The summed E-state index contributed by atoms with van der Waals surface area (Å²) in [5, 5.41) is 17.2. The Morgan fingerprint density at radius 1 is 0.949 bits per heavy atom. The molecule has 4 aromatic rings. The highest BCUT2D eigenvalue weighted by molar-refractivity contribution is 6.01. The molecule has 0 aromatic heterocycles. The Morgan fingerprint density at radius 3 is 2.51 bits per heavy atom. The summed E-state index contributed by atoms with van der Waals surface area (Å²) in [6, 6.07) is 22.6. The van der Waals surface area contributed by atoms with Crippen molar-refractivity contribution in [3.63, 3.8) is 0 Å². The van der Waals surface area contributed by atoms with Gasteiger partial charge in [-0.2, -0.15) is 0 Å². The molecule has 1 heterocycles. The van der Waals surface area contributed by atoms with Gasteiger partial charge in [-0.15, -0.1) is 0 Å². The van der Waals surface area contributed by atoms with Crippen molar-refractivity contribution in [2.24, 2.45) is 5.92 Å². The summed E-state index contributed by atoms with van der Waals surface area (Å²) in [6.07, 6.45) is 1.55. The molecule has 0 unspecified atom stereocenters. The molecule has 198 valence electrons. The van der Waals surface area contributed by atoms with Gasteiger partial charge in [0.05, 0.1) is 11.4 Å². The molecule has 2 amide bonds. The van der Waals surface area contributed by atoms with Crippen LogP contribution in [-0.2, 0) is 9.53 Å². The van der Waals surface area contributed by atoms with Gasteiger partial charge in [0.15, 0.2) is 11.5 Å². The number of nitrogens with two attached hydrogens (primary N) is 1. The summed E-state index contributed by atoms with van der Waals surface area (Å²) in [5.74, 6) is 0.422. The minimum absolute atomic E-state index is 0.112. The lowest BCUT2D eigenvalue weighted by atomic mass is 9.92. The van der Waals surface area contributed by atoms with Gasteiger partial charge in [-0.25, -0.2) is 4.79 Å². The fourth-order valence-corrected chi connectivity index (χ4v) is 4.37. The highest BCUT2D eigenvalue weighted by Crippen LogP contribution is 2.37. The van der Waals surface area contributed by atoms with Crippen molar-refractivity contribution in [1.82, 2.24) is 0 Å². The number of phenolic OH excluding ortho intramolecular Hbond substituents is 1. The number of nitrogens with one attached hydrogen (secondary N) is 2. The van der Waals surface area contributed by atoms with Gasteiger partial charge in [0, 0.05) is 28.6 Å². The Bertz CT molecular complexity index is 1570. The van der Waals surface area contributed by atoms with Crippen LogP contribution in [-0.4, -0.2) is 23.9 Å². The molecule has 0 fully saturated rings. The average Bonchev–Trinajstić information content (AvgIpc) is 3.40. The molecule has 1 aliphatic heterocycles. The topological polar surface area (TPSA) is 132 Å². The van der Waals surface area contributed by atoms with Crippen LogP contribution in [0.4, 0.5) is 21.9 Å². The smallest absolute Gasteiger partial charge is 0.412 e. The Hall–Kier alpha value is -5.18. The fourth-order valence-electron chi connectivity index (χ4n) is 4.37. The molecule has 0 aliphatic carbocycles. The van der Waals surface area contributed by atoms with Gasteiger partial charge in [0.2, 0.25) is 12.7 Å². The van der Waals surface area contributed by atoms with Crippen LogP contribution in [0.3, 0.4) is 0 Å². The van der Waals surface area contributed by atoms with Crippen LogP contribution in [0.2, 0.25) is 0 Å². The molecular weight excluding hydrogens is 498 g/mol. The minimum atomic E-state index is -0.796. The van der Waals surface area contributed by atoms with Crippen LogP contribution < -0.4 is 25.8 Å². The van der Waals surface area contributed by atoms with Crippen LogP contribution in [0.1, 0.15) is 18.6 Å². The van der Waals surface area contributed by atoms with E-state index in [1.807, 2.05) is 25.1 Å². The highest BCUT2D eigenvalue weighted by Gasteiger charge is 2.25. The van der Waals surface area contributed by atoms with E-state index in [0.717, 1.165) is 5.39 Å². The monoisotopic (exact) mass is 525 g/mol. The van der Waals surface area contributed by atoms with E-state index in [2.05, 4.69) is 10.6 Å². The van der Waals surface area contributed by atoms with Crippen LogP contribution in [0, 0.1) is 5.92 Å². The normalized spacial score (nSPS) is 13.7. The van der Waals surface area contributed by atoms with E-state index < -0.39 is 18.1 Å². The third kappa shape index (κ3) is 5.72. The lowest BCUT2D eigenvalue weighted by Crippen LogP contribution is -2.22. The van der Waals surface area contributed by atoms with E-state index in [1.165, 1.54) is 6.08 Å². The van der Waals surface area contributed by atoms with Crippen LogP contribution in [0.25, 0.3) is 10.8 Å². The maximum Gasteiger partial charge on any atom is 0.412 e. The van der Waals surface area contributed by atoms with Crippen LogP contribution in [0.15, 0.2) is 91.0 Å². The summed E-state index contributed by atoms with van der Waals surface area (Å²) in [4.78, 5) is 25.7.